The van der Waals surface area contributed by atoms with E-state index in [2.05, 4.69) is 25.1 Å². The largest absolute Gasteiger partial charge is 0.423 e. The van der Waals surface area contributed by atoms with Crippen molar-refractivity contribution in [2.24, 2.45) is 17.8 Å². The molecule has 0 N–H and O–H groups in total. The first-order valence-corrected chi connectivity index (χ1v) is 12.0. The Hall–Kier alpha value is -2.60. The third-order valence-electron chi connectivity index (χ3n) is 7.50. The van der Waals surface area contributed by atoms with Crippen LogP contribution in [0.25, 0.3) is 0 Å². The Balaban J connectivity index is 1.32. The molecule has 3 nitrogen and oxygen atoms in total. The van der Waals surface area contributed by atoms with Crippen LogP contribution in [0.5, 0.6) is 5.75 Å². The molecule has 2 aromatic rings. The Kier molecular flexibility index (Phi) is 7.07. The summed E-state index contributed by atoms with van der Waals surface area (Å²) >= 11 is 0. The zero-order chi connectivity index (χ0) is 21.6. The van der Waals surface area contributed by atoms with Gasteiger partial charge in [0.1, 0.15) is 5.75 Å². The summed E-state index contributed by atoms with van der Waals surface area (Å²) in [7, 11) is 0. The summed E-state index contributed by atoms with van der Waals surface area (Å²) in [4.78, 5) is 12.5. The highest BCUT2D eigenvalue weighted by Crippen LogP contribution is 2.48. The van der Waals surface area contributed by atoms with E-state index in [1.165, 1.54) is 63.4 Å². The van der Waals surface area contributed by atoms with Crippen molar-refractivity contribution < 1.29 is 9.53 Å². The summed E-state index contributed by atoms with van der Waals surface area (Å²) in [5.41, 5.74) is 2.48. The van der Waals surface area contributed by atoms with Gasteiger partial charge in [-0.05, 0) is 97.7 Å². The van der Waals surface area contributed by atoms with Crippen LogP contribution in [0.3, 0.4) is 0 Å². The summed E-state index contributed by atoms with van der Waals surface area (Å²) < 4.78 is 5.45. The second kappa shape index (κ2) is 10.1. The lowest BCUT2D eigenvalue weighted by atomic mass is 9.63. The zero-order valence-corrected chi connectivity index (χ0v) is 18.6. The number of nitrogens with zero attached hydrogens (tertiary/aromatic N) is 1. The maximum atomic E-state index is 12.5. The molecule has 4 rings (SSSR count). The average molecular weight is 416 g/mol. The number of hydrogen-bond donors (Lipinski definition) is 0. The number of carbonyl (C=O) groups is 1. The van der Waals surface area contributed by atoms with Gasteiger partial charge in [-0.2, -0.15) is 5.26 Å². The van der Waals surface area contributed by atoms with Gasteiger partial charge in [0.2, 0.25) is 0 Å². The van der Waals surface area contributed by atoms with E-state index in [-0.39, 0.29) is 5.97 Å². The molecule has 0 saturated heterocycles. The van der Waals surface area contributed by atoms with Crippen LogP contribution in [0.2, 0.25) is 0 Å². The predicted octanol–water partition coefficient (Wildman–Crippen LogP) is 7.27. The van der Waals surface area contributed by atoms with E-state index in [0.29, 0.717) is 22.8 Å². The Morgan fingerprint density at radius 1 is 0.968 bits per heavy atom. The van der Waals surface area contributed by atoms with E-state index in [0.717, 1.165) is 17.8 Å². The highest BCUT2D eigenvalue weighted by Gasteiger charge is 2.35. The first-order chi connectivity index (χ1) is 15.2. The molecule has 4 atom stereocenters. The van der Waals surface area contributed by atoms with Gasteiger partial charge in [0.05, 0.1) is 17.2 Å². The fraction of sp³-hybridized carbons (Fsp3) is 0.500. The molecule has 0 spiro atoms. The maximum Gasteiger partial charge on any atom is 0.343 e. The van der Waals surface area contributed by atoms with Gasteiger partial charge in [-0.15, -0.1) is 0 Å². The van der Waals surface area contributed by atoms with Crippen LogP contribution in [-0.2, 0) is 0 Å². The van der Waals surface area contributed by atoms with Crippen molar-refractivity contribution in [3.63, 3.8) is 0 Å². The first-order valence-electron chi connectivity index (χ1n) is 12.0. The van der Waals surface area contributed by atoms with Crippen LogP contribution in [-0.4, -0.2) is 5.97 Å². The van der Waals surface area contributed by atoms with E-state index >= 15 is 0 Å². The number of ether oxygens (including phenoxy) is 1. The molecule has 31 heavy (non-hydrogen) atoms. The number of fused-ring (bicyclic) bond motifs is 1. The minimum absolute atomic E-state index is 0.356. The SMILES string of the molecule is CCCC[C@H]1CC[C@@H]2CC(c3ccc(C(=O)Oc4ccc(C#N)cc4)cc3)CC[C@H]2C1. The lowest BCUT2D eigenvalue weighted by Crippen LogP contribution is -2.30. The topological polar surface area (TPSA) is 50.1 Å². The molecule has 2 aliphatic rings. The molecule has 0 heterocycles. The fourth-order valence-corrected chi connectivity index (χ4v) is 5.70. The smallest absolute Gasteiger partial charge is 0.343 e. The van der Waals surface area contributed by atoms with Crippen molar-refractivity contribution in [2.45, 2.75) is 70.6 Å². The summed E-state index contributed by atoms with van der Waals surface area (Å²) in [5.74, 6) is 3.52. The van der Waals surface area contributed by atoms with E-state index in [1.807, 2.05) is 12.1 Å². The summed E-state index contributed by atoms with van der Waals surface area (Å²) in [6.07, 6.45) is 12.4. The quantitative estimate of drug-likeness (QED) is 0.368. The van der Waals surface area contributed by atoms with Gasteiger partial charge < -0.3 is 4.74 Å². The standard InChI is InChI=1S/C28H33NO2/c1-2-3-4-20-5-8-26-18-25(14-13-24(26)17-20)22-9-11-23(12-10-22)28(30)31-27-15-6-21(19-29)7-16-27/h6-7,9-12,15-16,20,24-26H,2-5,8,13-14,17-18H2,1H3/t20-,24-,25?,26+/m0/s1. The maximum absolute atomic E-state index is 12.5. The average Bonchev–Trinajstić information content (AvgIpc) is 2.83. The predicted molar refractivity (Wildman–Crippen MR) is 123 cm³/mol. The molecule has 0 amide bonds. The summed E-state index contributed by atoms with van der Waals surface area (Å²) in [6, 6.07) is 16.7. The molecular weight excluding hydrogens is 382 g/mol. The van der Waals surface area contributed by atoms with Gasteiger partial charge in [-0.3, -0.25) is 0 Å². The molecule has 0 radical (unpaired) electrons. The molecule has 0 aromatic heterocycles. The molecule has 2 saturated carbocycles. The van der Waals surface area contributed by atoms with E-state index in [9.17, 15) is 4.79 Å². The number of rotatable bonds is 6. The van der Waals surface area contributed by atoms with E-state index < -0.39 is 0 Å². The van der Waals surface area contributed by atoms with Crippen LogP contribution in [0.4, 0.5) is 0 Å². The van der Waals surface area contributed by atoms with Gasteiger partial charge in [0.25, 0.3) is 0 Å². The Labute approximate surface area is 186 Å². The van der Waals surface area contributed by atoms with Crippen LogP contribution in [0.1, 0.15) is 92.1 Å². The van der Waals surface area contributed by atoms with Crippen molar-refractivity contribution >= 4 is 5.97 Å². The van der Waals surface area contributed by atoms with Gasteiger partial charge in [0.15, 0.2) is 0 Å². The van der Waals surface area contributed by atoms with Crippen molar-refractivity contribution in [2.75, 3.05) is 0 Å². The van der Waals surface area contributed by atoms with Crippen LogP contribution >= 0.6 is 0 Å². The normalized spacial score (nSPS) is 25.3. The van der Waals surface area contributed by atoms with Gasteiger partial charge >= 0.3 is 5.97 Å². The molecule has 1 unspecified atom stereocenters. The van der Waals surface area contributed by atoms with Crippen molar-refractivity contribution in [3.8, 4) is 11.8 Å². The highest BCUT2D eigenvalue weighted by molar-refractivity contribution is 5.91. The van der Waals surface area contributed by atoms with Gasteiger partial charge in [-0.25, -0.2) is 4.79 Å². The Morgan fingerprint density at radius 2 is 1.68 bits per heavy atom. The van der Waals surface area contributed by atoms with Crippen molar-refractivity contribution in [3.05, 3.63) is 65.2 Å². The third kappa shape index (κ3) is 5.37. The minimum Gasteiger partial charge on any atom is -0.423 e. The molecule has 0 bridgehead atoms. The van der Waals surface area contributed by atoms with Gasteiger partial charge in [-0.1, -0.05) is 44.7 Å². The second-order valence-corrected chi connectivity index (χ2v) is 9.50. The first kappa shape index (κ1) is 21.6. The summed E-state index contributed by atoms with van der Waals surface area (Å²) in [6.45, 7) is 2.30. The molecule has 162 valence electrons. The monoisotopic (exact) mass is 415 g/mol. The lowest BCUT2D eigenvalue weighted by Gasteiger charge is -2.42. The fourth-order valence-electron chi connectivity index (χ4n) is 5.70. The minimum atomic E-state index is -0.356. The van der Waals surface area contributed by atoms with Crippen LogP contribution in [0, 0.1) is 29.1 Å². The van der Waals surface area contributed by atoms with Gasteiger partial charge in [0, 0.05) is 0 Å². The molecular formula is C28H33NO2. The van der Waals surface area contributed by atoms with Crippen LogP contribution in [0.15, 0.2) is 48.5 Å². The number of unbranched alkanes of at least 4 members (excludes halogenated alkanes) is 1. The second-order valence-electron chi connectivity index (χ2n) is 9.50. The van der Waals surface area contributed by atoms with E-state index in [4.69, 9.17) is 10.00 Å². The number of benzene rings is 2. The third-order valence-corrected chi connectivity index (χ3v) is 7.50. The van der Waals surface area contributed by atoms with Crippen LogP contribution < -0.4 is 4.74 Å². The Bertz CT molecular complexity index is 910. The summed E-state index contributed by atoms with van der Waals surface area (Å²) in [5, 5.41) is 8.87. The Morgan fingerprint density at radius 3 is 2.39 bits per heavy atom. The highest BCUT2D eigenvalue weighted by atomic mass is 16.5. The number of hydrogen-bond acceptors (Lipinski definition) is 3. The number of carbonyl (C=O) groups excluding carboxylic acids is 1. The zero-order valence-electron chi connectivity index (χ0n) is 18.6. The number of esters is 1. The molecule has 3 heteroatoms. The molecule has 2 aliphatic carbocycles. The molecule has 2 fully saturated rings. The number of nitriles is 1. The van der Waals surface area contributed by atoms with Crippen molar-refractivity contribution in [1.82, 2.24) is 0 Å². The lowest BCUT2D eigenvalue weighted by molar-refractivity contribution is 0.0734. The molecule has 0 aliphatic heterocycles. The van der Waals surface area contributed by atoms with Crippen molar-refractivity contribution in [1.29, 1.82) is 5.26 Å². The molecule has 2 aromatic carbocycles. The van der Waals surface area contributed by atoms with E-state index in [1.54, 1.807) is 24.3 Å².